The summed E-state index contributed by atoms with van der Waals surface area (Å²) in [6.07, 6.45) is 5.67. The summed E-state index contributed by atoms with van der Waals surface area (Å²) in [6.45, 7) is 2.10. The van der Waals surface area contributed by atoms with Crippen LogP contribution in [0.25, 0.3) is 0 Å². The van der Waals surface area contributed by atoms with Gasteiger partial charge >= 0.3 is 5.69 Å². The lowest BCUT2D eigenvalue weighted by atomic mass is 9.86. The van der Waals surface area contributed by atoms with Crippen LogP contribution in [0.4, 0.5) is 0 Å². The highest BCUT2D eigenvalue weighted by atomic mass is 16.2. The number of nitriles is 1. The molecule has 0 aliphatic heterocycles. The molecule has 5 heteroatoms. The molecule has 0 saturated heterocycles. The van der Waals surface area contributed by atoms with E-state index in [9.17, 15) is 9.59 Å². The van der Waals surface area contributed by atoms with Crippen LogP contribution in [-0.4, -0.2) is 9.55 Å². The van der Waals surface area contributed by atoms with E-state index in [2.05, 4.69) is 11.9 Å². The second-order valence-corrected chi connectivity index (χ2v) is 4.65. The molecule has 1 heterocycles. The molecule has 17 heavy (non-hydrogen) atoms. The van der Waals surface area contributed by atoms with Gasteiger partial charge in [0.15, 0.2) is 0 Å². The van der Waals surface area contributed by atoms with E-state index in [0.29, 0.717) is 5.92 Å². The molecule has 1 aromatic rings. The predicted octanol–water partition coefficient (Wildman–Crippen LogP) is 1.16. The van der Waals surface area contributed by atoms with Crippen molar-refractivity contribution >= 4 is 0 Å². The SMILES string of the molecule is CC1CCCCC1n1cc(C#N)c(=O)[nH]c1=O. The smallest absolute Gasteiger partial charge is 0.296 e. The van der Waals surface area contributed by atoms with Gasteiger partial charge in [-0.25, -0.2) is 4.79 Å². The van der Waals surface area contributed by atoms with Crippen molar-refractivity contribution in [1.82, 2.24) is 9.55 Å². The Kier molecular flexibility index (Phi) is 3.14. The highest BCUT2D eigenvalue weighted by Gasteiger charge is 2.24. The molecule has 1 aliphatic carbocycles. The van der Waals surface area contributed by atoms with Crippen LogP contribution in [0.1, 0.15) is 44.2 Å². The van der Waals surface area contributed by atoms with Gasteiger partial charge in [0.25, 0.3) is 5.56 Å². The number of hydrogen-bond acceptors (Lipinski definition) is 3. The molecule has 5 nitrogen and oxygen atoms in total. The third-order valence-electron chi connectivity index (χ3n) is 3.51. The van der Waals surface area contributed by atoms with Crippen molar-refractivity contribution in [3.05, 3.63) is 32.6 Å². The average Bonchev–Trinajstić information content (AvgIpc) is 2.31. The van der Waals surface area contributed by atoms with Gasteiger partial charge in [0.2, 0.25) is 0 Å². The summed E-state index contributed by atoms with van der Waals surface area (Å²) >= 11 is 0. The molecule has 90 valence electrons. The maximum absolute atomic E-state index is 11.8. The molecule has 2 rings (SSSR count). The molecule has 1 saturated carbocycles. The number of H-pyrrole nitrogens is 1. The van der Waals surface area contributed by atoms with Crippen LogP contribution in [0.2, 0.25) is 0 Å². The second kappa shape index (κ2) is 4.58. The Morgan fingerprint density at radius 2 is 2.12 bits per heavy atom. The average molecular weight is 233 g/mol. The van der Waals surface area contributed by atoms with Crippen LogP contribution in [0.3, 0.4) is 0 Å². The van der Waals surface area contributed by atoms with Crippen molar-refractivity contribution in [2.45, 2.75) is 38.6 Å². The minimum Gasteiger partial charge on any atom is -0.296 e. The van der Waals surface area contributed by atoms with Gasteiger partial charge in [-0.3, -0.25) is 14.3 Å². The van der Waals surface area contributed by atoms with Gasteiger partial charge in [0, 0.05) is 12.2 Å². The third-order valence-corrected chi connectivity index (χ3v) is 3.51. The fraction of sp³-hybridized carbons (Fsp3) is 0.583. The van der Waals surface area contributed by atoms with E-state index in [0.717, 1.165) is 19.3 Å². The molecule has 2 atom stereocenters. The Labute approximate surface area is 98.7 Å². The van der Waals surface area contributed by atoms with E-state index in [1.54, 1.807) is 0 Å². The van der Waals surface area contributed by atoms with Gasteiger partial charge in [0.05, 0.1) is 0 Å². The summed E-state index contributed by atoms with van der Waals surface area (Å²) in [5, 5.41) is 8.81. The number of rotatable bonds is 1. The number of aromatic amines is 1. The third kappa shape index (κ3) is 2.16. The van der Waals surface area contributed by atoms with Gasteiger partial charge in [-0.2, -0.15) is 5.26 Å². The molecular formula is C12H15N3O2. The van der Waals surface area contributed by atoms with E-state index < -0.39 is 11.2 Å². The maximum Gasteiger partial charge on any atom is 0.328 e. The molecule has 1 aromatic heterocycles. The van der Waals surface area contributed by atoms with E-state index in [4.69, 9.17) is 5.26 Å². The summed E-state index contributed by atoms with van der Waals surface area (Å²) in [5.41, 5.74) is -1.01. The van der Waals surface area contributed by atoms with Crippen molar-refractivity contribution in [3.8, 4) is 6.07 Å². The molecule has 1 aliphatic rings. The van der Waals surface area contributed by atoms with Crippen LogP contribution in [0.15, 0.2) is 15.8 Å². The Bertz CT molecular complexity index is 564. The fourth-order valence-electron chi connectivity index (χ4n) is 2.52. The lowest BCUT2D eigenvalue weighted by molar-refractivity contribution is 0.249. The summed E-state index contributed by atoms with van der Waals surface area (Å²) in [7, 11) is 0. The van der Waals surface area contributed by atoms with Gasteiger partial charge in [-0.05, 0) is 18.8 Å². The van der Waals surface area contributed by atoms with Crippen molar-refractivity contribution < 1.29 is 0 Å². The van der Waals surface area contributed by atoms with Crippen LogP contribution in [0, 0.1) is 17.2 Å². The van der Waals surface area contributed by atoms with Crippen molar-refractivity contribution in [3.63, 3.8) is 0 Å². The molecule has 0 radical (unpaired) electrons. The first-order chi connectivity index (χ1) is 8.13. The summed E-state index contributed by atoms with van der Waals surface area (Å²) in [6, 6.07) is 1.91. The maximum atomic E-state index is 11.8. The summed E-state index contributed by atoms with van der Waals surface area (Å²) in [5.74, 6) is 0.402. The number of aromatic nitrogens is 2. The molecule has 0 amide bonds. The lowest BCUT2D eigenvalue weighted by Gasteiger charge is -2.30. The zero-order valence-electron chi connectivity index (χ0n) is 9.77. The Balaban J connectivity index is 2.48. The quantitative estimate of drug-likeness (QED) is 0.790. The van der Waals surface area contributed by atoms with Crippen LogP contribution in [0.5, 0.6) is 0 Å². The normalized spacial score (nSPS) is 24.2. The van der Waals surface area contributed by atoms with E-state index in [-0.39, 0.29) is 11.6 Å². The highest BCUT2D eigenvalue weighted by molar-refractivity contribution is 5.22. The van der Waals surface area contributed by atoms with Gasteiger partial charge < -0.3 is 0 Å². The summed E-state index contributed by atoms with van der Waals surface area (Å²) < 4.78 is 1.52. The van der Waals surface area contributed by atoms with Crippen LogP contribution < -0.4 is 11.2 Å². The lowest BCUT2D eigenvalue weighted by Crippen LogP contribution is -2.36. The molecule has 1 fully saturated rings. The van der Waals surface area contributed by atoms with Crippen LogP contribution in [-0.2, 0) is 0 Å². The topological polar surface area (TPSA) is 78.7 Å². The zero-order valence-corrected chi connectivity index (χ0v) is 9.77. The predicted molar refractivity (Wildman–Crippen MR) is 62.7 cm³/mol. The van der Waals surface area contributed by atoms with E-state index in [1.807, 2.05) is 6.07 Å². The van der Waals surface area contributed by atoms with E-state index >= 15 is 0 Å². The largest absolute Gasteiger partial charge is 0.328 e. The molecule has 0 bridgehead atoms. The monoisotopic (exact) mass is 233 g/mol. The second-order valence-electron chi connectivity index (χ2n) is 4.65. The number of hydrogen-bond donors (Lipinski definition) is 1. The number of nitrogens with zero attached hydrogens (tertiary/aromatic N) is 2. The Morgan fingerprint density at radius 3 is 2.76 bits per heavy atom. The highest BCUT2D eigenvalue weighted by Crippen LogP contribution is 2.32. The Hall–Kier alpha value is -1.83. The molecule has 1 N–H and O–H groups in total. The van der Waals surface area contributed by atoms with Gasteiger partial charge in [0.1, 0.15) is 11.6 Å². The minimum atomic E-state index is -0.600. The van der Waals surface area contributed by atoms with Crippen molar-refractivity contribution in [2.24, 2.45) is 5.92 Å². The minimum absolute atomic E-state index is 0.00220. The van der Waals surface area contributed by atoms with Gasteiger partial charge in [-0.1, -0.05) is 19.8 Å². The first kappa shape index (κ1) is 11.6. The van der Waals surface area contributed by atoms with Crippen molar-refractivity contribution in [1.29, 1.82) is 5.26 Å². The Morgan fingerprint density at radius 1 is 1.41 bits per heavy atom. The fourth-order valence-corrected chi connectivity index (χ4v) is 2.52. The summed E-state index contributed by atoms with van der Waals surface area (Å²) in [4.78, 5) is 25.3. The molecule has 0 aromatic carbocycles. The molecule has 0 spiro atoms. The first-order valence-corrected chi connectivity index (χ1v) is 5.89. The molecule has 2 unspecified atom stereocenters. The first-order valence-electron chi connectivity index (χ1n) is 5.89. The van der Waals surface area contributed by atoms with Crippen molar-refractivity contribution in [2.75, 3.05) is 0 Å². The number of nitrogens with one attached hydrogen (secondary N) is 1. The van der Waals surface area contributed by atoms with Gasteiger partial charge in [-0.15, -0.1) is 0 Å². The zero-order chi connectivity index (χ0) is 12.4. The van der Waals surface area contributed by atoms with Crippen LogP contribution >= 0.6 is 0 Å². The standard InChI is InChI=1S/C12H15N3O2/c1-8-4-2-3-5-10(8)15-7-9(6-13)11(16)14-12(15)17/h7-8,10H,2-5H2,1H3,(H,14,16,17). The molecular weight excluding hydrogens is 218 g/mol. The van der Waals surface area contributed by atoms with E-state index in [1.165, 1.54) is 17.2 Å².